The Bertz CT molecular complexity index is 863. The van der Waals surface area contributed by atoms with Crippen LogP contribution in [0, 0.1) is 13.8 Å². The van der Waals surface area contributed by atoms with E-state index in [2.05, 4.69) is 70.2 Å². The Hall–Kier alpha value is -2.19. The van der Waals surface area contributed by atoms with Crippen molar-refractivity contribution in [3.05, 3.63) is 64.8 Å². The lowest BCUT2D eigenvalue weighted by Gasteiger charge is -2.17. The van der Waals surface area contributed by atoms with Gasteiger partial charge in [-0.2, -0.15) is 0 Å². The van der Waals surface area contributed by atoms with Crippen LogP contribution in [0.25, 0.3) is 22.0 Å². The summed E-state index contributed by atoms with van der Waals surface area (Å²) >= 11 is 0. The summed E-state index contributed by atoms with van der Waals surface area (Å²) in [4.78, 5) is 4.88. The Balaban J connectivity index is 2.33. The van der Waals surface area contributed by atoms with Crippen molar-refractivity contribution in [2.24, 2.45) is 0 Å². The van der Waals surface area contributed by atoms with Gasteiger partial charge in [0.2, 0.25) is 0 Å². The van der Waals surface area contributed by atoms with Gasteiger partial charge in [-0.1, -0.05) is 49.7 Å². The Morgan fingerprint density at radius 3 is 2.33 bits per heavy atom. The smallest absolute Gasteiger partial charge is 0.0714 e. The molecule has 0 unspecified atom stereocenters. The third-order valence-electron chi connectivity index (χ3n) is 4.64. The summed E-state index contributed by atoms with van der Waals surface area (Å²) < 4.78 is 0. The number of hydrogen-bond acceptors (Lipinski definition) is 2. The summed E-state index contributed by atoms with van der Waals surface area (Å²) in [7, 11) is 0. The molecule has 0 spiro atoms. The fraction of sp³-hybridized carbons (Fsp3) is 0.318. The highest BCUT2D eigenvalue weighted by Gasteiger charge is 2.14. The molecule has 1 heterocycles. The normalized spacial score (nSPS) is 11.4. The molecular formula is C22H25NO. The van der Waals surface area contributed by atoms with E-state index in [1.54, 1.807) is 0 Å². The first-order chi connectivity index (χ1) is 11.5. The molecule has 0 bridgehead atoms. The van der Waals surface area contributed by atoms with Gasteiger partial charge in [0.25, 0.3) is 0 Å². The van der Waals surface area contributed by atoms with Crippen molar-refractivity contribution in [1.82, 2.24) is 4.98 Å². The highest BCUT2D eigenvalue weighted by molar-refractivity contribution is 5.97. The van der Waals surface area contributed by atoms with Crippen molar-refractivity contribution in [1.29, 1.82) is 0 Å². The van der Waals surface area contributed by atoms with E-state index in [4.69, 9.17) is 4.98 Å². The molecule has 0 fully saturated rings. The first kappa shape index (κ1) is 16.7. The molecular weight excluding hydrogens is 294 g/mol. The van der Waals surface area contributed by atoms with Gasteiger partial charge in [-0.05, 0) is 60.6 Å². The number of aliphatic hydroxyl groups is 1. The second-order valence-corrected chi connectivity index (χ2v) is 6.84. The van der Waals surface area contributed by atoms with Crippen molar-refractivity contribution < 1.29 is 5.11 Å². The number of hydrogen-bond donors (Lipinski definition) is 1. The highest BCUT2D eigenvalue weighted by atomic mass is 16.2. The van der Waals surface area contributed by atoms with Gasteiger partial charge in [-0.25, -0.2) is 0 Å². The number of nitrogens with zero attached hydrogens (tertiary/aromatic N) is 1. The van der Waals surface area contributed by atoms with Crippen LogP contribution in [0.2, 0.25) is 0 Å². The number of aliphatic hydroxyl groups excluding tert-OH is 1. The molecule has 3 rings (SSSR count). The lowest BCUT2D eigenvalue weighted by molar-refractivity contribution is 0.299. The van der Waals surface area contributed by atoms with Crippen molar-refractivity contribution in [2.45, 2.75) is 40.0 Å². The predicted molar refractivity (Wildman–Crippen MR) is 102 cm³/mol. The summed E-state index contributed by atoms with van der Waals surface area (Å²) in [5, 5.41) is 10.7. The van der Waals surface area contributed by atoms with Crippen molar-refractivity contribution in [3.8, 4) is 11.1 Å². The summed E-state index contributed by atoms with van der Waals surface area (Å²) in [5.41, 5.74) is 8.22. The summed E-state index contributed by atoms with van der Waals surface area (Å²) in [5.74, 6) is 0.412. The van der Waals surface area contributed by atoms with Crippen LogP contribution in [0.1, 0.15) is 42.1 Å². The lowest BCUT2D eigenvalue weighted by atomic mass is 9.89. The highest BCUT2D eigenvalue weighted by Crippen LogP contribution is 2.35. The van der Waals surface area contributed by atoms with E-state index < -0.39 is 0 Å². The molecule has 1 aromatic heterocycles. The minimum Gasteiger partial charge on any atom is -0.396 e. The maximum atomic E-state index is 9.53. The number of benzene rings is 2. The molecule has 0 aliphatic heterocycles. The standard InChI is InChI=1S/C22H25NO/c1-14(2)20-10-9-19-21(23-20)13-16(4)18(11-12-24)22(19)17-7-5-15(3)6-8-17/h5-10,13-14,24H,11-12H2,1-4H3. The average molecular weight is 319 g/mol. The fourth-order valence-electron chi connectivity index (χ4n) is 3.27. The molecule has 2 heteroatoms. The number of aromatic nitrogens is 1. The van der Waals surface area contributed by atoms with Crippen LogP contribution in [0.15, 0.2) is 42.5 Å². The van der Waals surface area contributed by atoms with Crippen molar-refractivity contribution in [3.63, 3.8) is 0 Å². The lowest BCUT2D eigenvalue weighted by Crippen LogP contribution is -2.01. The fourth-order valence-corrected chi connectivity index (χ4v) is 3.27. The zero-order valence-electron chi connectivity index (χ0n) is 14.9. The van der Waals surface area contributed by atoms with E-state index in [0.29, 0.717) is 12.3 Å². The molecule has 0 atom stereocenters. The maximum Gasteiger partial charge on any atom is 0.0714 e. The van der Waals surface area contributed by atoms with Crippen molar-refractivity contribution in [2.75, 3.05) is 6.61 Å². The van der Waals surface area contributed by atoms with Crippen LogP contribution in [-0.2, 0) is 6.42 Å². The van der Waals surface area contributed by atoms with E-state index in [9.17, 15) is 5.11 Å². The van der Waals surface area contributed by atoms with Crippen LogP contribution in [0.5, 0.6) is 0 Å². The number of fused-ring (bicyclic) bond motifs is 1. The number of pyridine rings is 1. The van der Waals surface area contributed by atoms with Crippen LogP contribution in [0.3, 0.4) is 0 Å². The molecule has 0 aliphatic carbocycles. The van der Waals surface area contributed by atoms with Gasteiger partial charge in [-0.15, -0.1) is 0 Å². The van der Waals surface area contributed by atoms with Crippen LogP contribution >= 0.6 is 0 Å². The zero-order valence-corrected chi connectivity index (χ0v) is 14.9. The first-order valence-corrected chi connectivity index (χ1v) is 8.62. The molecule has 0 saturated carbocycles. The van der Waals surface area contributed by atoms with Gasteiger partial charge < -0.3 is 5.11 Å². The van der Waals surface area contributed by atoms with Gasteiger partial charge in [0.1, 0.15) is 0 Å². The monoisotopic (exact) mass is 319 g/mol. The summed E-state index contributed by atoms with van der Waals surface area (Å²) in [6.07, 6.45) is 0.664. The molecule has 1 N–H and O–H groups in total. The third-order valence-corrected chi connectivity index (χ3v) is 4.64. The van der Waals surface area contributed by atoms with Crippen LogP contribution in [-0.4, -0.2) is 16.7 Å². The number of rotatable bonds is 4. The minimum atomic E-state index is 0.155. The SMILES string of the molecule is Cc1ccc(-c2c(CCO)c(C)cc3nc(C(C)C)ccc23)cc1. The molecule has 24 heavy (non-hydrogen) atoms. The molecule has 2 nitrogen and oxygen atoms in total. The third kappa shape index (κ3) is 3.07. The van der Waals surface area contributed by atoms with Gasteiger partial charge >= 0.3 is 0 Å². The van der Waals surface area contributed by atoms with Crippen LogP contribution in [0.4, 0.5) is 0 Å². The Morgan fingerprint density at radius 2 is 1.71 bits per heavy atom. The van der Waals surface area contributed by atoms with E-state index in [1.165, 1.54) is 27.8 Å². The average Bonchev–Trinajstić information content (AvgIpc) is 2.56. The second kappa shape index (κ2) is 6.74. The van der Waals surface area contributed by atoms with E-state index in [1.807, 2.05) is 0 Å². The molecule has 0 amide bonds. The molecule has 3 aromatic rings. The molecule has 124 valence electrons. The maximum absolute atomic E-state index is 9.53. The summed E-state index contributed by atoms with van der Waals surface area (Å²) in [6, 6.07) is 15.1. The quantitative estimate of drug-likeness (QED) is 0.719. The predicted octanol–water partition coefficient (Wildman–Crippen LogP) is 5.18. The number of aryl methyl sites for hydroxylation is 2. The zero-order chi connectivity index (χ0) is 17.3. The Morgan fingerprint density at radius 1 is 1.00 bits per heavy atom. The Labute approximate surface area is 144 Å². The minimum absolute atomic E-state index is 0.155. The molecule has 2 aromatic carbocycles. The topological polar surface area (TPSA) is 33.1 Å². The van der Waals surface area contributed by atoms with E-state index in [0.717, 1.165) is 16.6 Å². The molecule has 0 saturated heterocycles. The van der Waals surface area contributed by atoms with Gasteiger partial charge in [-0.3, -0.25) is 4.98 Å². The largest absolute Gasteiger partial charge is 0.396 e. The molecule has 0 aliphatic rings. The van der Waals surface area contributed by atoms with Crippen molar-refractivity contribution >= 4 is 10.9 Å². The van der Waals surface area contributed by atoms with Gasteiger partial charge in [0.05, 0.1) is 5.52 Å². The van der Waals surface area contributed by atoms with E-state index in [-0.39, 0.29) is 6.61 Å². The Kier molecular flexibility index (Phi) is 4.68. The first-order valence-electron chi connectivity index (χ1n) is 8.62. The van der Waals surface area contributed by atoms with E-state index >= 15 is 0 Å². The van der Waals surface area contributed by atoms with Gasteiger partial charge in [0.15, 0.2) is 0 Å². The second-order valence-electron chi connectivity index (χ2n) is 6.84. The van der Waals surface area contributed by atoms with Gasteiger partial charge in [0, 0.05) is 17.7 Å². The summed E-state index contributed by atoms with van der Waals surface area (Å²) in [6.45, 7) is 8.71. The van der Waals surface area contributed by atoms with Crippen LogP contribution < -0.4 is 0 Å². The molecule has 0 radical (unpaired) electrons.